The molecule has 15 heavy (non-hydrogen) atoms. The van der Waals surface area contributed by atoms with Crippen molar-refractivity contribution in [3.63, 3.8) is 0 Å². The van der Waals surface area contributed by atoms with Crippen LogP contribution in [-0.2, 0) is 0 Å². The highest BCUT2D eigenvalue weighted by Crippen LogP contribution is 2.15. The molecule has 0 spiro atoms. The molecule has 0 aliphatic carbocycles. The van der Waals surface area contributed by atoms with Gasteiger partial charge in [-0.25, -0.2) is 0 Å². The highest BCUT2D eigenvalue weighted by atomic mass is 16.3. The lowest BCUT2D eigenvalue weighted by atomic mass is 10.0. The van der Waals surface area contributed by atoms with Crippen molar-refractivity contribution in [3.05, 3.63) is 0 Å². The van der Waals surface area contributed by atoms with Crippen LogP contribution in [0.1, 0.15) is 34.1 Å². The first-order valence-corrected chi connectivity index (χ1v) is 6.09. The molecule has 1 N–H and O–H groups in total. The van der Waals surface area contributed by atoms with E-state index in [0.717, 1.165) is 39.1 Å². The quantitative estimate of drug-likeness (QED) is 0.764. The smallest absolute Gasteiger partial charge is 0.0664 e. The van der Waals surface area contributed by atoms with E-state index in [-0.39, 0.29) is 11.6 Å². The molecule has 3 nitrogen and oxygen atoms in total. The van der Waals surface area contributed by atoms with Gasteiger partial charge in [0.15, 0.2) is 0 Å². The van der Waals surface area contributed by atoms with Gasteiger partial charge in [0.25, 0.3) is 0 Å². The number of aliphatic hydroxyl groups excluding tert-OH is 1. The van der Waals surface area contributed by atoms with E-state index in [1.54, 1.807) is 0 Å². The summed E-state index contributed by atoms with van der Waals surface area (Å²) in [5, 5.41) is 9.58. The van der Waals surface area contributed by atoms with Crippen LogP contribution in [0.4, 0.5) is 0 Å². The number of piperazine rings is 1. The van der Waals surface area contributed by atoms with Crippen molar-refractivity contribution in [1.29, 1.82) is 0 Å². The van der Waals surface area contributed by atoms with Crippen LogP contribution in [-0.4, -0.2) is 59.3 Å². The molecule has 0 amide bonds. The van der Waals surface area contributed by atoms with Crippen molar-refractivity contribution in [3.8, 4) is 0 Å². The minimum absolute atomic E-state index is 0.147. The van der Waals surface area contributed by atoms with Crippen LogP contribution in [0.5, 0.6) is 0 Å². The van der Waals surface area contributed by atoms with Crippen molar-refractivity contribution < 1.29 is 5.11 Å². The molecule has 0 bridgehead atoms. The minimum Gasteiger partial charge on any atom is -0.392 e. The van der Waals surface area contributed by atoms with Crippen molar-refractivity contribution in [2.45, 2.75) is 45.8 Å². The summed E-state index contributed by atoms with van der Waals surface area (Å²) in [6.45, 7) is 14.1. The zero-order valence-electron chi connectivity index (χ0n) is 10.7. The topological polar surface area (TPSA) is 26.7 Å². The zero-order chi connectivity index (χ0) is 11.5. The second-order valence-electron chi connectivity index (χ2n) is 5.52. The maximum Gasteiger partial charge on any atom is 0.0664 e. The molecule has 1 atom stereocenters. The van der Waals surface area contributed by atoms with E-state index < -0.39 is 0 Å². The third-order valence-electron chi connectivity index (χ3n) is 3.26. The molecule has 3 heteroatoms. The highest BCUT2D eigenvalue weighted by molar-refractivity contribution is 4.82. The van der Waals surface area contributed by atoms with E-state index in [9.17, 15) is 5.11 Å². The number of β-amino-alcohol motifs (C(OH)–C–C–N with tert-alkyl or cyclic N) is 1. The average molecular weight is 214 g/mol. The van der Waals surface area contributed by atoms with Gasteiger partial charge >= 0.3 is 0 Å². The lowest BCUT2D eigenvalue weighted by molar-refractivity contribution is 0.0358. The number of nitrogens with zero attached hydrogens (tertiary/aromatic N) is 2. The fraction of sp³-hybridized carbons (Fsp3) is 1.00. The van der Waals surface area contributed by atoms with Crippen molar-refractivity contribution in [1.82, 2.24) is 9.80 Å². The molecule has 1 aliphatic heterocycles. The highest BCUT2D eigenvalue weighted by Gasteiger charge is 2.26. The molecule has 0 saturated carbocycles. The van der Waals surface area contributed by atoms with Crippen LogP contribution in [0.3, 0.4) is 0 Å². The Labute approximate surface area is 94.1 Å². The summed E-state index contributed by atoms with van der Waals surface area (Å²) in [5.41, 5.74) is 0.287. The summed E-state index contributed by atoms with van der Waals surface area (Å²) in [5.74, 6) is 0. The second-order valence-corrected chi connectivity index (χ2v) is 5.52. The third-order valence-corrected chi connectivity index (χ3v) is 3.26. The summed E-state index contributed by atoms with van der Waals surface area (Å²) in [6, 6.07) is 0. The molecule has 1 saturated heterocycles. The summed E-state index contributed by atoms with van der Waals surface area (Å²) in [6.07, 6.45) is 0.714. The molecule has 0 unspecified atom stereocenters. The Morgan fingerprint density at radius 3 is 2.07 bits per heavy atom. The van der Waals surface area contributed by atoms with Gasteiger partial charge in [-0.1, -0.05) is 6.92 Å². The lowest BCUT2D eigenvalue weighted by Crippen LogP contribution is -2.54. The predicted octanol–water partition coefficient (Wildman–Crippen LogP) is 1.17. The van der Waals surface area contributed by atoms with Gasteiger partial charge in [0, 0.05) is 38.3 Å². The maximum absolute atomic E-state index is 9.58. The van der Waals surface area contributed by atoms with Crippen LogP contribution in [0.25, 0.3) is 0 Å². The first-order chi connectivity index (χ1) is 6.93. The fourth-order valence-corrected chi connectivity index (χ4v) is 2.03. The Hall–Kier alpha value is -0.120. The van der Waals surface area contributed by atoms with Gasteiger partial charge in [-0.15, -0.1) is 0 Å². The third kappa shape index (κ3) is 4.09. The molecular formula is C12H26N2O. The normalized spacial score (nSPS) is 23.0. The molecule has 1 heterocycles. The Balaban J connectivity index is 2.30. The SMILES string of the molecule is CC[C@H](O)CN1CCN(C(C)(C)C)CC1. The number of aliphatic hydroxyl groups is 1. The molecule has 90 valence electrons. The Kier molecular flexibility index (Phi) is 4.56. The Morgan fingerprint density at radius 1 is 1.13 bits per heavy atom. The average Bonchev–Trinajstić information content (AvgIpc) is 2.17. The molecule has 1 aliphatic rings. The van der Waals surface area contributed by atoms with Gasteiger partial charge in [0.1, 0.15) is 0 Å². The van der Waals surface area contributed by atoms with Gasteiger partial charge in [0.2, 0.25) is 0 Å². The van der Waals surface area contributed by atoms with Gasteiger partial charge in [-0.2, -0.15) is 0 Å². The number of hydrogen-bond donors (Lipinski definition) is 1. The molecule has 1 fully saturated rings. The van der Waals surface area contributed by atoms with E-state index >= 15 is 0 Å². The monoisotopic (exact) mass is 214 g/mol. The van der Waals surface area contributed by atoms with Gasteiger partial charge < -0.3 is 5.11 Å². The molecule has 1 rings (SSSR count). The zero-order valence-corrected chi connectivity index (χ0v) is 10.7. The predicted molar refractivity (Wildman–Crippen MR) is 64.1 cm³/mol. The number of hydrogen-bond acceptors (Lipinski definition) is 3. The van der Waals surface area contributed by atoms with Crippen molar-refractivity contribution >= 4 is 0 Å². The fourth-order valence-electron chi connectivity index (χ4n) is 2.03. The molecule has 0 aromatic heterocycles. The Morgan fingerprint density at radius 2 is 1.67 bits per heavy atom. The van der Waals surface area contributed by atoms with E-state index in [2.05, 4.69) is 30.6 Å². The molecular weight excluding hydrogens is 188 g/mol. The summed E-state index contributed by atoms with van der Waals surface area (Å²) in [7, 11) is 0. The summed E-state index contributed by atoms with van der Waals surface area (Å²) in [4.78, 5) is 4.89. The Bertz CT molecular complexity index is 181. The largest absolute Gasteiger partial charge is 0.392 e. The van der Waals surface area contributed by atoms with Gasteiger partial charge in [-0.05, 0) is 27.2 Å². The van der Waals surface area contributed by atoms with Gasteiger partial charge in [-0.3, -0.25) is 9.80 Å². The van der Waals surface area contributed by atoms with Crippen molar-refractivity contribution in [2.75, 3.05) is 32.7 Å². The standard InChI is InChI=1S/C12H26N2O/c1-5-11(15)10-13-6-8-14(9-7-13)12(2,3)4/h11,15H,5-10H2,1-4H3/t11-/m0/s1. The minimum atomic E-state index is -0.147. The van der Waals surface area contributed by atoms with E-state index in [1.165, 1.54) is 0 Å². The molecule has 0 aromatic rings. The molecule has 0 aromatic carbocycles. The van der Waals surface area contributed by atoms with Crippen LogP contribution in [0.2, 0.25) is 0 Å². The van der Waals surface area contributed by atoms with Crippen molar-refractivity contribution in [2.24, 2.45) is 0 Å². The number of rotatable bonds is 3. The lowest BCUT2D eigenvalue weighted by Gasteiger charge is -2.42. The summed E-state index contributed by atoms with van der Waals surface area (Å²) >= 11 is 0. The van der Waals surface area contributed by atoms with Gasteiger partial charge in [0.05, 0.1) is 6.10 Å². The first-order valence-electron chi connectivity index (χ1n) is 6.09. The summed E-state index contributed by atoms with van der Waals surface area (Å²) < 4.78 is 0. The first kappa shape index (κ1) is 12.9. The van der Waals surface area contributed by atoms with E-state index in [4.69, 9.17) is 0 Å². The maximum atomic E-state index is 9.58. The van der Waals surface area contributed by atoms with Crippen LogP contribution in [0, 0.1) is 0 Å². The molecule has 0 radical (unpaired) electrons. The van der Waals surface area contributed by atoms with Crippen LogP contribution >= 0.6 is 0 Å². The van der Waals surface area contributed by atoms with E-state index in [1.807, 2.05) is 6.92 Å². The van der Waals surface area contributed by atoms with Crippen LogP contribution < -0.4 is 0 Å². The second kappa shape index (κ2) is 5.28. The van der Waals surface area contributed by atoms with Crippen LogP contribution in [0.15, 0.2) is 0 Å². The van der Waals surface area contributed by atoms with E-state index in [0.29, 0.717) is 0 Å².